The third-order valence-electron chi connectivity index (χ3n) is 4.21. The van der Waals surface area contributed by atoms with Gasteiger partial charge in [0, 0.05) is 6.20 Å². The van der Waals surface area contributed by atoms with E-state index in [1.165, 1.54) is 16.8 Å². The number of carbonyl (C=O) groups excluding carboxylic acids is 1. The number of carbonyl (C=O) groups is 3. The largest absolute Gasteiger partial charge is 0.481 e. The van der Waals surface area contributed by atoms with Gasteiger partial charge in [-0.2, -0.15) is 4.98 Å². The molecule has 0 bridgehead atoms. The molecule has 0 aliphatic carbocycles. The minimum Gasteiger partial charge on any atom is -0.481 e. The van der Waals surface area contributed by atoms with Crippen LogP contribution in [0, 0.1) is 17.8 Å². The molecule has 4 N–H and O–H groups in total. The molecule has 0 aromatic carbocycles. The number of esters is 1. The topological polar surface area (TPSA) is 177 Å². The minimum absolute atomic E-state index is 0.0802. The van der Waals surface area contributed by atoms with Crippen molar-refractivity contribution in [1.29, 1.82) is 0 Å². The van der Waals surface area contributed by atoms with E-state index in [1.807, 2.05) is 5.48 Å². The van der Waals surface area contributed by atoms with Crippen molar-refractivity contribution in [2.75, 3.05) is 12.1 Å². The quantitative estimate of drug-likeness (QED) is 0.337. The molecular formula is C21H35N3O9. The highest BCUT2D eigenvalue weighted by Crippen LogP contribution is 2.27. The van der Waals surface area contributed by atoms with Crippen molar-refractivity contribution in [3.63, 3.8) is 0 Å². The van der Waals surface area contributed by atoms with Gasteiger partial charge in [-0.3, -0.25) is 29.6 Å². The van der Waals surface area contributed by atoms with E-state index in [0.29, 0.717) is 12.8 Å². The fourth-order valence-corrected chi connectivity index (χ4v) is 2.05. The second-order valence-electron chi connectivity index (χ2n) is 8.18. The Kier molecular flexibility index (Phi) is 13.6. The number of rotatable bonds is 7. The molecule has 2 unspecified atom stereocenters. The highest BCUT2D eigenvalue weighted by atomic mass is 16.6. The van der Waals surface area contributed by atoms with Gasteiger partial charge in [-0.25, -0.2) is 4.79 Å². The predicted octanol–water partition coefficient (Wildman–Crippen LogP) is 2.38. The molecule has 0 saturated carbocycles. The lowest BCUT2D eigenvalue weighted by Crippen LogP contribution is -2.28. The molecule has 2 rings (SSSR count). The number of carboxylic acids is 2. The van der Waals surface area contributed by atoms with Crippen LogP contribution in [0.25, 0.3) is 0 Å². The fraction of sp³-hybridized carbons (Fsp3) is 0.667. The molecule has 12 heteroatoms. The van der Waals surface area contributed by atoms with Crippen LogP contribution in [0.2, 0.25) is 0 Å². The Balaban J connectivity index is 0.000000705. The van der Waals surface area contributed by atoms with E-state index in [1.54, 1.807) is 41.5 Å². The van der Waals surface area contributed by atoms with Crippen molar-refractivity contribution in [2.24, 2.45) is 17.8 Å². The number of nitrogens with one attached hydrogen (secondary N) is 1. The maximum atomic E-state index is 11.8. The maximum Gasteiger partial charge on any atom is 0.351 e. The molecule has 1 saturated heterocycles. The summed E-state index contributed by atoms with van der Waals surface area (Å²) in [6.45, 7) is 10.3. The van der Waals surface area contributed by atoms with E-state index in [0.717, 1.165) is 0 Å². The second kappa shape index (κ2) is 15.0. The fourth-order valence-electron chi connectivity index (χ4n) is 2.05. The van der Waals surface area contributed by atoms with Gasteiger partial charge in [-0.15, -0.1) is 0 Å². The first-order chi connectivity index (χ1) is 15.3. The maximum absolute atomic E-state index is 11.8. The average molecular weight is 474 g/mol. The van der Waals surface area contributed by atoms with Gasteiger partial charge < -0.3 is 19.7 Å². The van der Waals surface area contributed by atoms with Gasteiger partial charge in [0.25, 0.3) is 0 Å². The molecule has 1 aromatic heterocycles. The van der Waals surface area contributed by atoms with Gasteiger partial charge in [0.15, 0.2) is 5.82 Å². The van der Waals surface area contributed by atoms with Gasteiger partial charge in [0.2, 0.25) is 0 Å². The molecule has 1 fully saturated rings. The lowest BCUT2D eigenvalue weighted by Gasteiger charge is -2.16. The molecule has 0 amide bonds. The van der Waals surface area contributed by atoms with Gasteiger partial charge in [-0.05, 0) is 18.9 Å². The number of nitrogens with zero attached hydrogens (tertiary/aromatic N) is 2. The highest BCUT2D eigenvalue weighted by Gasteiger charge is 2.28. The number of aliphatic carboxylic acids is 2. The van der Waals surface area contributed by atoms with E-state index in [4.69, 9.17) is 24.9 Å². The zero-order valence-corrected chi connectivity index (χ0v) is 19.8. The van der Waals surface area contributed by atoms with Gasteiger partial charge in [0.05, 0.1) is 23.9 Å². The van der Waals surface area contributed by atoms with Crippen LogP contribution >= 0.6 is 0 Å². The summed E-state index contributed by atoms with van der Waals surface area (Å²) in [6.07, 6.45) is 2.18. The van der Waals surface area contributed by atoms with Crippen molar-refractivity contribution in [3.05, 3.63) is 22.7 Å². The summed E-state index contributed by atoms with van der Waals surface area (Å²) in [5.74, 6) is -2.30. The summed E-state index contributed by atoms with van der Waals surface area (Å²) >= 11 is 0. The molecular weight excluding hydrogens is 438 g/mol. The smallest absolute Gasteiger partial charge is 0.351 e. The number of carboxylic acid groups (broad SMARTS) is 2. The van der Waals surface area contributed by atoms with Crippen molar-refractivity contribution in [2.45, 2.75) is 66.7 Å². The Labute approximate surface area is 192 Å². The average Bonchev–Trinajstić information content (AvgIpc) is 3.21. The minimum atomic E-state index is -0.741. The van der Waals surface area contributed by atoms with Crippen LogP contribution in [0.3, 0.4) is 0 Å². The van der Waals surface area contributed by atoms with Gasteiger partial charge in [-0.1, -0.05) is 41.5 Å². The predicted molar refractivity (Wildman–Crippen MR) is 118 cm³/mol. The molecule has 1 aromatic rings. The molecule has 1 aliphatic rings. The van der Waals surface area contributed by atoms with Crippen LogP contribution in [-0.2, 0) is 23.9 Å². The van der Waals surface area contributed by atoms with Crippen molar-refractivity contribution in [1.82, 2.24) is 9.55 Å². The summed E-state index contributed by atoms with van der Waals surface area (Å²) in [5, 5.41) is 24.7. The zero-order valence-electron chi connectivity index (χ0n) is 19.8. The molecule has 2 heterocycles. The van der Waals surface area contributed by atoms with Crippen LogP contribution in [0.5, 0.6) is 0 Å². The van der Waals surface area contributed by atoms with Crippen LogP contribution < -0.4 is 11.2 Å². The van der Waals surface area contributed by atoms with Crippen LogP contribution in [0.1, 0.15) is 60.6 Å². The lowest BCUT2D eigenvalue weighted by atomic mass is 10.2. The lowest BCUT2D eigenvalue weighted by molar-refractivity contribution is -0.152. The first-order valence-electron chi connectivity index (χ1n) is 10.6. The first-order valence-corrected chi connectivity index (χ1v) is 10.6. The molecule has 0 radical (unpaired) electrons. The summed E-state index contributed by atoms with van der Waals surface area (Å²) in [5.41, 5.74) is 1.30. The van der Waals surface area contributed by atoms with Crippen molar-refractivity contribution >= 4 is 23.7 Å². The standard InChI is InChI=1S/C13H19N3O5.2C4H8O2/c1-8(2)12(17)20-7-9-3-4-11(21-9)16-6-5-10(15-19)14-13(16)18;2*1-3(2)4(5)6/h5-6,8-9,11,19H,3-4,7H2,1-2H3,(H,14,15,18);2*3H,1-2H3,(H,5,6). The van der Waals surface area contributed by atoms with E-state index >= 15 is 0 Å². The monoisotopic (exact) mass is 473 g/mol. The summed E-state index contributed by atoms with van der Waals surface area (Å²) in [4.78, 5) is 46.2. The molecule has 2 atom stereocenters. The van der Waals surface area contributed by atoms with E-state index in [9.17, 15) is 19.2 Å². The Hall–Kier alpha value is -2.99. The van der Waals surface area contributed by atoms with E-state index < -0.39 is 23.9 Å². The number of hydrogen-bond acceptors (Lipinski definition) is 9. The number of ether oxygens (including phenoxy) is 2. The Morgan fingerprint density at radius 2 is 1.61 bits per heavy atom. The Bertz CT molecular complexity index is 803. The summed E-state index contributed by atoms with van der Waals surface area (Å²) < 4.78 is 12.2. The second-order valence-corrected chi connectivity index (χ2v) is 8.18. The zero-order chi connectivity index (χ0) is 25.7. The van der Waals surface area contributed by atoms with E-state index in [-0.39, 0.29) is 42.3 Å². The van der Waals surface area contributed by atoms with Crippen LogP contribution in [0.4, 0.5) is 5.82 Å². The third-order valence-corrected chi connectivity index (χ3v) is 4.21. The first kappa shape index (κ1) is 30.0. The Morgan fingerprint density at radius 1 is 1.09 bits per heavy atom. The number of anilines is 1. The third kappa shape index (κ3) is 12.0. The van der Waals surface area contributed by atoms with Crippen molar-refractivity contribution in [3.8, 4) is 0 Å². The van der Waals surface area contributed by atoms with Gasteiger partial charge in [0.1, 0.15) is 12.8 Å². The molecule has 33 heavy (non-hydrogen) atoms. The Morgan fingerprint density at radius 3 is 2.00 bits per heavy atom. The van der Waals surface area contributed by atoms with E-state index in [2.05, 4.69) is 4.98 Å². The normalized spacial score (nSPS) is 17.0. The molecule has 0 spiro atoms. The van der Waals surface area contributed by atoms with Crippen LogP contribution in [0.15, 0.2) is 17.1 Å². The highest BCUT2D eigenvalue weighted by molar-refractivity contribution is 5.71. The summed E-state index contributed by atoms with van der Waals surface area (Å²) in [6, 6.07) is 1.47. The van der Waals surface area contributed by atoms with Crippen LogP contribution in [-0.4, -0.2) is 55.6 Å². The number of hydrogen-bond donors (Lipinski definition) is 4. The van der Waals surface area contributed by atoms with Crippen molar-refractivity contribution < 1.29 is 39.3 Å². The van der Waals surface area contributed by atoms with Gasteiger partial charge >= 0.3 is 23.6 Å². The molecule has 12 nitrogen and oxygen atoms in total. The molecule has 188 valence electrons. The molecule has 1 aliphatic heterocycles. The number of aromatic nitrogens is 2. The summed E-state index contributed by atoms with van der Waals surface area (Å²) in [7, 11) is 0. The SMILES string of the molecule is CC(C)C(=O)O.CC(C)C(=O)O.CC(C)C(=O)OCC1CCC(n2ccc(NO)nc2=O)O1.